The van der Waals surface area contributed by atoms with Crippen molar-refractivity contribution in [1.82, 2.24) is 9.55 Å². The second kappa shape index (κ2) is 7.98. The number of aliphatic hydroxyl groups is 1. The van der Waals surface area contributed by atoms with Gasteiger partial charge in [0.2, 0.25) is 0 Å². The van der Waals surface area contributed by atoms with Gasteiger partial charge in [-0.05, 0) is 23.8 Å². The van der Waals surface area contributed by atoms with Gasteiger partial charge in [-0.1, -0.05) is 65.8 Å². The Morgan fingerprint density at radius 1 is 1.12 bits per heavy atom. The van der Waals surface area contributed by atoms with Crippen LogP contribution in [-0.4, -0.2) is 20.8 Å². The van der Waals surface area contributed by atoms with Gasteiger partial charge in [0.1, 0.15) is 0 Å². The molecule has 3 atom stereocenters. The van der Waals surface area contributed by atoms with Crippen LogP contribution in [0.5, 0.6) is 0 Å². The summed E-state index contributed by atoms with van der Waals surface area (Å²) in [4.78, 5) is 4.34. The minimum absolute atomic E-state index is 0.188. The van der Waals surface area contributed by atoms with E-state index < -0.39 is 0 Å². The standard InChI is InChI=1S/C19H26N2O.C2H6/c1-12(2)9-16(19(22)13(3)4)18-15-8-6-5-7-14(15)17-10-20-11-21(17)18;1-2/h5-8,10-13,16,18-19,22H,9H2,1-4H3;1-2H3/t16-,18-,19?;/m1./s1. The van der Waals surface area contributed by atoms with Gasteiger partial charge >= 0.3 is 0 Å². The van der Waals surface area contributed by atoms with Crippen molar-refractivity contribution >= 4 is 0 Å². The summed E-state index contributed by atoms with van der Waals surface area (Å²) in [5, 5.41) is 10.9. The summed E-state index contributed by atoms with van der Waals surface area (Å²) < 4.78 is 2.25. The summed E-state index contributed by atoms with van der Waals surface area (Å²) in [6, 6.07) is 8.73. The molecule has 3 heteroatoms. The molecule has 1 unspecified atom stereocenters. The Morgan fingerprint density at radius 2 is 1.79 bits per heavy atom. The van der Waals surface area contributed by atoms with E-state index in [-0.39, 0.29) is 24.0 Å². The molecular weight excluding hydrogens is 296 g/mol. The van der Waals surface area contributed by atoms with Gasteiger partial charge in [-0.2, -0.15) is 0 Å². The highest BCUT2D eigenvalue weighted by molar-refractivity contribution is 5.69. The summed E-state index contributed by atoms with van der Waals surface area (Å²) in [5.74, 6) is 1.01. The van der Waals surface area contributed by atoms with E-state index in [1.54, 1.807) is 0 Å². The minimum Gasteiger partial charge on any atom is -0.392 e. The maximum absolute atomic E-state index is 10.9. The van der Waals surface area contributed by atoms with E-state index in [0.717, 1.165) is 6.42 Å². The Balaban J connectivity index is 0.00000100. The zero-order valence-corrected chi connectivity index (χ0v) is 15.9. The van der Waals surface area contributed by atoms with Crippen LogP contribution in [0.1, 0.15) is 59.6 Å². The lowest BCUT2D eigenvalue weighted by Crippen LogP contribution is -2.34. The number of fused-ring (bicyclic) bond motifs is 3. The zero-order chi connectivity index (χ0) is 17.9. The maximum Gasteiger partial charge on any atom is 0.0956 e. The first kappa shape index (κ1) is 18.7. The van der Waals surface area contributed by atoms with E-state index >= 15 is 0 Å². The van der Waals surface area contributed by atoms with Gasteiger partial charge in [-0.15, -0.1) is 0 Å². The van der Waals surface area contributed by atoms with Crippen LogP contribution in [0.25, 0.3) is 11.3 Å². The lowest BCUT2D eigenvalue weighted by Gasteiger charge is -2.33. The topological polar surface area (TPSA) is 38.1 Å². The van der Waals surface area contributed by atoms with Crippen molar-refractivity contribution in [2.45, 2.75) is 60.1 Å². The van der Waals surface area contributed by atoms with Gasteiger partial charge in [0, 0.05) is 11.5 Å². The quantitative estimate of drug-likeness (QED) is 0.823. The molecule has 0 bridgehead atoms. The summed E-state index contributed by atoms with van der Waals surface area (Å²) in [6.07, 6.45) is 4.55. The lowest BCUT2D eigenvalue weighted by molar-refractivity contribution is 0.0364. The first-order chi connectivity index (χ1) is 11.5. The third-order valence-corrected chi connectivity index (χ3v) is 4.79. The van der Waals surface area contributed by atoms with E-state index in [4.69, 9.17) is 0 Å². The molecule has 0 radical (unpaired) electrons. The molecule has 1 N–H and O–H groups in total. The van der Waals surface area contributed by atoms with Crippen LogP contribution < -0.4 is 0 Å². The number of benzene rings is 1. The molecule has 1 aliphatic rings. The van der Waals surface area contributed by atoms with Crippen molar-refractivity contribution < 1.29 is 5.11 Å². The van der Waals surface area contributed by atoms with Crippen LogP contribution in [0.3, 0.4) is 0 Å². The van der Waals surface area contributed by atoms with Crippen LogP contribution in [0.15, 0.2) is 36.8 Å². The molecule has 0 saturated heterocycles. The number of hydrogen-bond acceptors (Lipinski definition) is 2. The Kier molecular flexibility index (Phi) is 6.22. The molecule has 0 aliphatic carbocycles. The molecule has 2 aromatic rings. The first-order valence-electron chi connectivity index (χ1n) is 9.30. The molecule has 2 heterocycles. The van der Waals surface area contributed by atoms with E-state index in [1.165, 1.54) is 16.8 Å². The third kappa shape index (κ3) is 3.41. The Hall–Kier alpha value is -1.61. The van der Waals surface area contributed by atoms with E-state index in [9.17, 15) is 5.11 Å². The summed E-state index contributed by atoms with van der Waals surface area (Å²) >= 11 is 0. The minimum atomic E-state index is -0.311. The number of aromatic nitrogens is 2. The number of aliphatic hydroxyl groups excluding tert-OH is 1. The molecule has 0 fully saturated rings. The molecule has 1 aliphatic heterocycles. The van der Waals surface area contributed by atoms with Crippen LogP contribution in [-0.2, 0) is 0 Å². The van der Waals surface area contributed by atoms with Crippen LogP contribution in [0.4, 0.5) is 0 Å². The number of rotatable bonds is 5. The fourth-order valence-corrected chi connectivity index (χ4v) is 3.80. The maximum atomic E-state index is 10.9. The fraction of sp³-hybridized carbons (Fsp3) is 0.571. The van der Waals surface area contributed by atoms with Crippen LogP contribution in [0.2, 0.25) is 0 Å². The normalized spacial score (nSPS) is 18.0. The molecule has 1 aromatic carbocycles. The average molecular weight is 329 g/mol. The van der Waals surface area contributed by atoms with Crippen LogP contribution in [0, 0.1) is 17.8 Å². The van der Waals surface area contributed by atoms with Crippen molar-refractivity contribution in [2.24, 2.45) is 17.8 Å². The Morgan fingerprint density at radius 3 is 2.42 bits per heavy atom. The predicted octanol–water partition coefficient (Wildman–Crippen LogP) is 5.16. The van der Waals surface area contributed by atoms with Crippen molar-refractivity contribution in [3.8, 4) is 11.3 Å². The molecule has 24 heavy (non-hydrogen) atoms. The Labute approximate surface area is 146 Å². The monoisotopic (exact) mass is 328 g/mol. The molecule has 0 amide bonds. The average Bonchev–Trinajstić information content (AvgIpc) is 3.14. The Bertz CT molecular complexity index is 645. The molecule has 0 spiro atoms. The van der Waals surface area contributed by atoms with Crippen molar-refractivity contribution in [3.63, 3.8) is 0 Å². The van der Waals surface area contributed by atoms with Crippen molar-refractivity contribution in [2.75, 3.05) is 0 Å². The zero-order valence-electron chi connectivity index (χ0n) is 15.9. The molecular formula is C21H32N2O. The first-order valence-corrected chi connectivity index (χ1v) is 9.30. The molecule has 0 saturated carbocycles. The van der Waals surface area contributed by atoms with Gasteiger partial charge in [-0.3, -0.25) is 0 Å². The molecule has 3 nitrogen and oxygen atoms in total. The summed E-state index contributed by atoms with van der Waals surface area (Å²) in [5.41, 5.74) is 3.75. The molecule has 3 rings (SSSR count). The smallest absolute Gasteiger partial charge is 0.0956 e. The fourth-order valence-electron chi connectivity index (χ4n) is 3.80. The van der Waals surface area contributed by atoms with Gasteiger partial charge in [0.15, 0.2) is 0 Å². The third-order valence-electron chi connectivity index (χ3n) is 4.79. The number of imidazole rings is 1. The van der Waals surface area contributed by atoms with E-state index in [0.29, 0.717) is 5.92 Å². The van der Waals surface area contributed by atoms with Gasteiger partial charge in [-0.25, -0.2) is 4.98 Å². The van der Waals surface area contributed by atoms with Crippen molar-refractivity contribution in [3.05, 3.63) is 42.4 Å². The molecule has 132 valence electrons. The SMILES string of the molecule is CC.CC(C)C[C@@H](C(O)C(C)C)[C@H]1c2ccccc2-c2cncn21. The predicted molar refractivity (Wildman–Crippen MR) is 101 cm³/mol. The number of nitrogens with zero attached hydrogens (tertiary/aromatic N) is 2. The van der Waals surface area contributed by atoms with Crippen molar-refractivity contribution in [1.29, 1.82) is 0 Å². The molecule has 1 aromatic heterocycles. The van der Waals surface area contributed by atoms with Crippen LogP contribution >= 0.6 is 0 Å². The van der Waals surface area contributed by atoms with Gasteiger partial charge < -0.3 is 9.67 Å². The lowest BCUT2D eigenvalue weighted by atomic mass is 9.79. The van der Waals surface area contributed by atoms with E-state index in [2.05, 4.69) is 61.5 Å². The second-order valence-electron chi connectivity index (χ2n) is 7.25. The highest BCUT2D eigenvalue weighted by Gasteiger charge is 2.38. The second-order valence-corrected chi connectivity index (χ2v) is 7.25. The van der Waals surface area contributed by atoms with Gasteiger partial charge in [0.25, 0.3) is 0 Å². The van der Waals surface area contributed by atoms with Gasteiger partial charge in [0.05, 0.1) is 30.4 Å². The summed E-state index contributed by atoms with van der Waals surface area (Å²) in [6.45, 7) is 12.7. The highest BCUT2D eigenvalue weighted by Crippen LogP contribution is 2.46. The highest BCUT2D eigenvalue weighted by atomic mass is 16.3. The van der Waals surface area contributed by atoms with E-state index in [1.807, 2.05) is 26.4 Å². The summed E-state index contributed by atoms with van der Waals surface area (Å²) in [7, 11) is 0. The largest absolute Gasteiger partial charge is 0.392 e. The number of hydrogen-bond donors (Lipinski definition) is 1.